The number of ether oxygens (including phenoxy) is 2. The van der Waals surface area contributed by atoms with Gasteiger partial charge in [0.25, 0.3) is 0 Å². The van der Waals surface area contributed by atoms with E-state index in [2.05, 4.69) is 17.6 Å². The lowest BCUT2D eigenvalue weighted by Gasteiger charge is -2.17. The van der Waals surface area contributed by atoms with Gasteiger partial charge >= 0.3 is 6.03 Å². The average Bonchev–Trinajstić information content (AvgIpc) is 2.77. The Bertz CT molecular complexity index is 474. The van der Waals surface area contributed by atoms with Gasteiger partial charge in [0, 0.05) is 12.2 Å². The Kier molecular flexibility index (Phi) is 4.62. The second-order valence-electron chi connectivity index (χ2n) is 5.30. The lowest BCUT2D eigenvalue weighted by atomic mass is 10.1. The topological polar surface area (TPSA) is 59.6 Å². The van der Waals surface area contributed by atoms with E-state index in [0.717, 1.165) is 17.7 Å². The number of benzene rings is 1. The SMILES string of the molecule is CCc1ccccc1NC(=O)NCC1COC(C)(C)O1. The molecule has 0 spiro atoms. The first kappa shape index (κ1) is 14.8. The zero-order valence-corrected chi connectivity index (χ0v) is 12.2. The van der Waals surface area contributed by atoms with Gasteiger partial charge in [-0.15, -0.1) is 0 Å². The van der Waals surface area contributed by atoms with Crippen LogP contribution in [0, 0.1) is 0 Å². The van der Waals surface area contributed by atoms with Gasteiger partial charge in [0.2, 0.25) is 0 Å². The highest BCUT2D eigenvalue weighted by Crippen LogP contribution is 2.21. The molecule has 0 radical (unpaired) electrons. The smallest absolute Gasteiger partial charge is 0.319 e. The van der Waals surface area contributed by atoms with Crippen LogP contribution in [0.5, 0.6) is 0 Å². The molecule has 2 N–H and O–H groups in total. The molecule has 1 aromatic rings. The Hall–Kier alpha value is -1.59. The zero-order chi connectivity index (χ0) is 14.6. The number of nitrogens with one attached hydrogen (secondary N) is 2. The Balaban J connectivity index is 1.81. The predicted molar refractivity (Wildman–Crippen MR) is 77.7 cm³/mol. The van der Waals surface area contributed by atoms with E-state index in [0.29, 0.717) is 13.2 Å². The summed E-state index contributed by atoms with van der Waals surface area (Å²) in [6.07, 6.45) is 0.779. The number of aryl methyl sites for hydroxylation is 1. The maximum Gasteiger partial charge on any atom is 0.319 e. The number of anilines is 1. The average molecular weight is 278 g/mol. The number of hydrogen-bond acceptors (Lipinski definition) is 3. The van der Waals surface area contributed by atoms with Gasteiger partial charge in [0.1, 0.15) is 6.10 Å². The minimum absolute atomic E-state index is 0.0998. The van der Waals surface area contributed by atoms with Crippen LogP contribution in [0.4, 0.5) is 10.5 Å². The van der Waals surface area contributed by atoms with Gasteiger partial charge in [-0.1, -0.05) is 25.1 Å². The quantitative estimate of drug-likeness (QED) is 0.889. The van der Waals surface area contributed by atoms with E-state index in [4.69, 9.17) is 9.47 Å². The van der Waals surface area contributed by atoms with E-state index in [1.165, 1.54) is 0 Å². The molecule has 1 atom stereocenters. The van der Waals surface area contributed by atoms with Crippen molar-refractivity contribution in [1.29, 1.82) is 0 Å². The lowest BCUT2D eigenvalue weighted by Crippen LogP contribution is -2.37. The maximum atomic E-state index is 11.9. The van der Waals surface area contributed by atoms with Crippen molar-refractivity contribution in [1.82, 2.24) is 5.32 Å². The molecule has 0 aliphatic carbocycles. The van der Waals surface area contributed by atoms with Crippen molar-refractivity contribution < 1.29 is 14.3 Å². The fourth-order valence-electron chi connectivity index (χ4n) is 2.19. The second-order valence-corrected chi connectivity index (χ2v) is 5.30. The third-order valence-electron chi connectivity index (χ3n) is 3.20. The van der Waals surface area contributed by atoms with E-state index < -0.39 is 5.79 Å². The summed E-state index contributed by atoms with van der Waals surface area (Å²) >= 11 is 0. The third kappa shape index (κ3) is 3.95. The van der Waals surface area contributed by atoms with E-state index in [9.17, 15) is 4.79 Å². The first-order chi connectivity index (χ1) is 9.50. The number of carbonyl (C=O) groups is 1. The molecule has 1 aliphatic heterocycles. The molecule has 110 valence electrons. The maximum absolute atomic E-state index is 11.9. The number of para-hydroxylation sites is 1. The summed E-state index contributed by atoms with van der Waals surface area (Å²) in [4.78, 5) is 11.9. The monoisotopic (exact) mass is 278 g/mol. The molecule has 2 amide bonds. The van der Waals surface area contributed by atoms with Gasteiger partial charge in [-0.05, 0) is 31.9 Å². The Morgan fingerprint density at radius 2 is 2.15 bits per heavy atom. The highest BCUT2D eigenvalue weighted by Gasteiger charge is 2.32. The van der Waals surface area contributed by atoms with E-state index >= 15 is 0 Å². The van der Waals surface area contributed by atoms with Crippen molar-refractivity contribution in [2.24, 2.45) is 0 Å². The number of amides is 2. The highest BCUT2D eigenvalue weighted by molar-refractivity contribution is 5.90. The molecule has 0 saturated carbocycles. The van der Waals surface area contributed by atoms with E-state index in [-0.39, 0.29) is 12.1 Å². The van der Waals surface area contributed by atoms with Crippen molar-refractivity contribution in [2.75, 3.05) is 18.5 Å². The minimum atomic E-state index is -0.558. The summed E-state index contributed by atoms with van der Waals surface area (Å²) in [7, 11) is 0. The molecule has 1 unspecified atom stereocenters. The molecule has 0 aromatic heterocycles. The van der Waals surface area contributed by atoms with Crippen molar-refractivity contribution >= 4 is 11.7 Å². The highest BCUT2D eigenvalue weighted by atomic mass is 16.7. The van der Waals surface area contributed by atoms with Gasteiger partial charge in [-0.25, -0.2) is 4.79 Å². The third-order valence-corrected chi connectivity index (χ3v) is 3.20. The normalized spacial score (nSPS) is 20.6. The van der Waals surface area contributed by atoms with Gasteiger partial charge in [-0.3, -0.25) is 0 Å². The van der Waals surface area contributed by atoms with Crippen molar-refractivity contribution in [3.63, 3.8) is 0 Å². The summed E-state index contributed by atoms with van der Waals surface area (Å²) in [5.41, 5.74) is 1.96. The standard InChI is InChI=1S/C15H22N2O3/c1-4-11-7-5-6-8-13(11)17-14(18)16-9-12-10-19-15(2,3)20-12/h5-8,12H,4,9-10H2,1-3H3,(H2,16,17,18). The van der Waals surface area contributed by atoms with Crippen LogP contribution >= 0.6 is 0 Å². The zero-order valence-electron chi connectivity index (χ0n) is 12.2. The van der Waals surface area contributed by atoms with Crippen LogP contribution in [0.1, 0.15) is 26.3 Å². The van der Waals surface area contributed by atoms with Gasteiger partial charge in [-0.2, -0.15) is 0 Å². The fourth-order valence-corrected chi connectivity index (χ4v) is 2.19. The summed E-state index contributed by atoms with van der Waals surface area (Å²) < 4.78 is 11.1. The molecule has 1 saturated heterocycles. The van der Waals surface area contributed by atoms with E-state index in [1.807, 2.05) is 38.1 Å². The molecule has 20 heavy (non-hydrogen) atoms. The van der Waals surface area contributed by atoms with Crippen LogP contribution in [0.25, 0.3) is 0 Å². The molecule has 2 rings (SSSR count). The molecule has 0 bridgehead atoms. The van der Waals surface area contributed by atoms with Crippen LogP contribution in [-0.2, 0) is 15.9 Å². The Morgan fingerprint density at radius 1 is 1.40 bits per heavy atom. The van der Waals surface area contributed by atoms with Crippen LogP contribution in [0.15, 0.2) is 24.3 Å². The predicted octanol–water partition coefficient (Wildman–Crippen LogP) is 2.52. The number of rotatable bonds is 4. The minimum Gasteiger partial charge on any atom is -0.348 e. The fraction of sp³-hybridized carbons (Fsp3) is 0.533. The molecule has 5 nitrogen and oxygen atoms in total. The van der Waals surface area contributed by atoms with Crippen LogP contribution < -0.4 is 10.6 Å². The Morgan fingerprint density at radius 3 is 2.80 bits per heavy atom. The molecular formula is C15H22N2O3. The van der Waals surface area contributed by atoms with Crippen LogP contribution in [0.3, 0.4) is 0 Å². The van der Waals surface area contributed by atoms with Crippen molar-refractivity contribution in [2.45, 2.75) is 39.1 Å². The summed E-state index contributed by atoms with van der Waals surface area (Å²) in [5, 5.41) is 5.67. The van der Waals surface area contributed by atoms with Crippen LogP contribution in [0.2, 0.25) is 0 Å². The number of hydrogen-bond donors (Lipinski definition) is 2. The molecular weight excluding hydrogens is 256 g/mol. The first-order valence-electron chi connectivity index (χ1n) is 6.94. The Labute approximate surface area is 119 Å². The van der Waals surface area contributed by atoms with Gasteiger partial charge in [0.15, 0.2) is 5.79 Å². The number of carbonyl (C=O) groups excluding carboxylic acids is 1. The summed E-state index contributed by atoms with van der Waals surface area (Å²) in [5.74, 6) is -0.558. The first-order valence-corrected chi connectivity index (χ1v) is 6.94. The second kappa shape index (κ2) is 6.24. The lowest BCUT2D eigenvalue weighted by molar-refractivity contribution is -0.137. The van der Waals surface area contributed by atoms with Gasteiger partial charge < -0.3 is 20.1 Å². The molecule has 1 aliphatic rings. The molecule has 1 heterocycles. The largest absolute Gasteiger partial charge is 0.348 e. The van der Waals surface area contributed by atoms with Crippen molar-refractivity contribution in [3.05, 3.63) is 29.8 Å². The number of urea groups is 1. The van der Waals surface area contributed by atoms with E-state index in [1.54, 1.807) is 0 Å². The molecule has 1 aromatic carbocycles. The molecule has 5 heteroatoms. The summed E-state index contributed by atoms with van der Waals surface area (Å²) in [6.45, 7) is 6.72. The summed E-state index contributed by atoms with van der Waals surface area (Å²) in [6, 6.07) is 7.56. The van der Waals surface area contributed by atoms with Crippen LogP contribution in [-0.4, -0.2) is 31.1 Å². The van der Waals surface area contributed by atoms with Gasteiger partial charge in [0.05, 0.1) is 6.61 Å². The van der Waals surface area contributed by atoms with Crippen molar-refractivity contribution in [3.8, 4) is 0 Å². The molecule has 1 fully saturated rings.